The van der Waals surface area contributed by atoms with Gasteiger partial charge in [-0.25, -0.2) is 0 Å². The van der Waals surface area contributed by atoms with E-state index in [0.717, 1.165) is 6.42 Å². The number of nitrogens with one attached hydrogen (secondary N) is 1. The van der Waals surface area contributed by atoms with Crippen LogP contribution in [0.25, 0.3) is 0 Å². The third-order valence-electron chi connectivity index (χ3n) is 3.03. The van der Waals surface area contributed by atoms with Gasteiger partial charge in [0.25, 0.3) is 0 Å². The minimum absolute atomic E-state index is 0.0409. The summed E-state index contributed by atoms with van der Waals surface area (Å²) in [5.74, 6) is 1.16. The van der Waals surface area contributed by atoms with Crippen LogP contribution >= 0.6 is 0 Å². The Morgan fingerprint density at radius 1 is 1.39 bits per heavy atom. The molecule has 3 N–H and O–H groups in total. The number of rotatable bonds is 3. The average molecular weight is 250 g/mol. The number of amides is 1. The zero-order valence-electron chi connectivity index (χ0n) is 10.7. The Balaban J connectivity index is 2.20. The first-order valence-electron chi connectivity index (χ1n) is 6.11. The summed E-state index contributed by atoms with van der Waals surface area (Å²) in [5.41, 5.74) is 6.94. The molecule has 1 unspecified atom stereocenters. The van der Waals surface area contributed by atoms with E-state index >= 15 is 0 Å². The molecule has 2 rings (SSSR count). The monoisotopic (exact) mass is 250 g/mol. The third-order valence-corrected chi connectivity index (χ3v) is 3.03. The van der Waals surface area contributed by atoms with Crippen LogP contribution in [0.5, 0.6) is 11.5 Å². The van der Waals surface area contributed by atoms with Crippen molar-refractivity contribution in [2.45, 2.75) is 20.3 Å². The number of fused-ring (bicyclic) bond motifs is 1. The van der Waals surface area contributed by atoms with Crippen molar-refractivity contribution in [3.8, 4) is 11.5 Å². The Labute approximate surface area is 106 Å². The van der Waals surface area contributed by atoms with Crippen LogP contribution in [0.15, 0.2) is 12.1 Å². The fourth-order valence-electron chi connectivity index (χ4n) is 1.65. The summed E-state index contributed by atoms with van der Waals surface area (Å²) in [5, 5.41) is 2.81. The van der Waals surface area contributed by atoms with Gasteiger partial charge in [-0.3, -0.25) is 4.79 Å². The Bertz CT molecular complexity index is 460. The van der Waals surface area contributed by atoms with Gasteiger partial charge in [0.05, 0.1) is 11.4 Å². The maximum absolute atomic E-state index is 11.8. The standard InChI is InChI=1S/C13H18N2O3/c1-3-8(2)13(16)15-10-7-12-11(6-9(10)14)17-4-5-18-12/h6-8H,3-5,14H2,1-2H3,(H,15,16). The largest absolute Gasteiger partial charge is 0.486 e. The SMILES string of the molecule is CCC(C)C(=O)Nc1cc2c(cc1N)OCCO2. The smallest absolute Gasteiger partial charge is 0.227 e. The molecular formula is C13H18N2O3. The van der Waals surface area contributed by atoms with Crippen molar-refractivity contribution in [3.05, 3.63) is 12.1 Å². The van der Waals surface area contributed by atoms with Crippen molar-refractivity contribution in [1.29, 1.82) is 0 Å². The molecule has 1 amide bonds. The number of carbonyl (C=O) groups excluding carboxylic acids is 1. The van der Waals surface area contributed by atoms with E-state index in [0.29, 0.717) is 36.1 Å². The lowest BCUT2D eigenvalue weighted by Crippen LogP contribution is -2.21. The van der Waals surface area contributed by atoms with Crippen molar-refractivity contribution < 1.29 is 14.3 Å². The lowest BCUT2D eigenvalue weighted by atomic mass is 10.1. The Kier molecular flexibility index (Phi) is 3.60. The van der Waals surface area contributed by atoms with E-state index in [2.05, 4.69) is 5.32 Å². The number of hydrogen-bond acceptors (Lipinski definition) is 4. The molecule has 0 fully saturated rings. The molecule has 1 aromatic rings. The maximum Gasteiger partial charge on any atom is 0.227 e. The number of hydrogen-bond donors (Lipinski definition) is 2. The second kappa shape index (κ2) is 5.16. The second-order valence-corrected chi connectivity index (χ2v) is 4.38. The molecule has 0 bridgehead atoms. The van der Waals surface area contributed by atoms with Crippen LogP contribution in [0.4, 0.5) is 11.4 Å². The zero-order chi connectivity index (χ0) is 13.1. The fourth-order valence-corrected chi connectivity index (χ4v) is 1.65. The number of nitrogens with two attached hydrogens (primary N) is 1. The van der Waals surface area contributed by atoms with Crippen LogP contribution in [0.2, 0.25) is 0 Å². The predicted octanol–water partition coefficient (Wildman–Crippen LogP) is 2.02. The van der Waals surface area contributed by atoms with Crippen LogP contribution in [0, 0.1) is 5.92 Å². The molecule has 98 valence electrons. The third kappa shape index (κ3) is 2.50. The summed E-state index contributed by atoms with van der Waals surface area (Å²) in [6, 6.07) is 3.39. The summed E-state index contributed by atoms with van der Waals surface area (Å²) in [6.07, 6.45) is 0.788. The van der Waals surface area contributed by atoms with Crippen molar-refractivity contribution in [2.24, 2.45) is 5.92 Å². The molecule has 0 aliphatic carbocycles. The molecule has 0 radical (unpaired) electrons. The average Bonchev–Trinajstić information content (AvgIpc) is 2.38. The van der Waals surface area contributed by atoms with Crippen molar-refractivity contribution >= 4 is 17.3 Å². The van der Waals surface area contributed by atoms with Crippen LogP contribution in [0.3, 0.4) is 0 Å². The highest BCUT2D eigenvalue weighted by molar-refractivity contribution is 5.95. The van der Waals surface area contributed by atoms with Crippen LogP contribution in [0.1, 0.15) is 20.3 Å². The number of carbonyl (C=O) groups is 1. The minimum Gasteiger partial charge on any atom is -0.486 e. The van der Waals surface area contributed by atoms with Crippen LogP contribution < -0.4 is 20.5 Å². The van der Waals surface area contributed by atoms with Gasteiger partial charge in [-0.2, -0.15) is 0 Å². The summed E-state index contributed by atoms with van der Waals surface area (Å²) < 4.78 is 10.9. The number of nitrogen functional groups attached to an aromatic ring is 1. The van der Waals surface area contributed by atoms with E-state index in [-0.39, 0.29) is 11.8 Å². The topological polar surface area (TPSA) is 73.6 Å². The molecule has 1 aliphatic rings. The highest BCUT2D eigenvalue weighted by Crippen LogP contribution is 2.37. The van der Waals surface area contributed by atoms with Gasteiger partial charge in [0.15, 0.2) is 11.5 Å². The zero-order valence-corrected chi connectivity index (χ0v) is 10.7. The maximum atomic E-state index is 11.8. The summed E-state index contributed by atoms with van der Waals surface area (Å²) in [6.45, 7) is 4.88. The van der Waals surface area contributed by atoms with E-state index < -0.39 is 0 Å². The fraction of sp³-hybridized carbons (Fsp3) is 0.462. The molecule has 1 heterocycles. The molecule has 1 aliphatic heterocycles. The molecule has 0 saturated heterocycles. The van der Waals surface area contributed by atoms with Gasteiger partial charge in [-0.15, -0.1) is 0 Å². The Hall–Kier alpha value is -1.91. The predicted molar refractivity (Wildman–Crippen MR) is 69.9 cm³/mol. The molecule has 1 aromatic carbocycles. The molecule has 18 heavy (non-hydrogen) atoms. The van der Waals surface area contributed by atoms with E-state index in [1.165, 1.54) is 0 Å². The van der Waals surface area contributed by atoms with Crippen LogP contribution in [-0.4, -0.2) is 19.1 Å². The highest BCUT2D eigenvalue weighted by atomic mass is 16.6. The summed E-state index contributed by atoms with van der Waals surface area (Å²) in [4.78, 5) is 11.8. The quantitative estimate of drug-likeness (QED) is 0.805. The Morgan fingerprint density at radius 3 is 2.61 bits per heavy atom. The minimum atomic E-state index is -0.0439. The lowest BCUT2D eigenvalue weighted by Gasteiger charge is -2.20. The first kappa shape index (κ1) is 12.5. The van der Waals surface area contributed by atoms with Crippen molar-refractivity contribution in [2.75, 3.05) is 24.3 Å². The Morgan fingerprint density at radius 2 is 2.00 bits per heavy atom. The first-order valence-corrected chi connectivity index (χ1v) is 6.11. The lowest BCUT2D eigenvalue weighted by molar-refractivity contribution is -0.119. The number of benzene rings is 1. The molecule has 0 saturated carbocycles. The van der Waals surface area contributed by atoms with E-state index in [1.807, 2.05) is 13.8 Å². The first-order chi connectivity index (χ1) is 8.61. The van der Waals surface area contributed by atoms with Crippen LogP contribution in [-0.2, 0) is 4.79 Å². The normalized spacial score (nSPS) is 15.0. The summed E-state index contributed by atoms with van der Waals surface area (Å²) >= 11 is 0. The van der Waals surface area contributed by atoms with Gasteiger partial charge in [-0.1, -0.05) is 13.8 Å². The molecule has 5 nitrogen and oxygen atoms in total. The molecular weight excluding hydrogens is 232 g/mol. The van der Waals surface area contributed by atoms with E-state index in [4.69, 9.17) is 15.2 Å². The second-order valence-electron chi connectivity index (χ2n) is 4.38. The van der Waals surface area contributed by atoms with E-state index in [9.17, 15) is 4.79 Å². The van der Waals surface area contributed by atoms with Crippen molar-refractivity contribution in [1.82, 2.24) is 0 Å². The van der Waals surface area contributed by atoms with E-state index in [1.54, 1.807) is 12.1 Å². The van der Waals surface area contributed by atoms with Crippen molar-refractivity contribution in [3.63, 3.8) is 0 Å². The highest BCUT2D eigenvalue weighted by Gasteiger charge is 2.17. The molecule has 1 atom stereocenters. The van der Waals surface area contributed by atoms with Gasteiger partial charge in [0.2, 0.25) is 5.91 Å². The van der Waals surface area contributed by atoms with Gasteiger partial charge >= 0.3 is 0 Å². The molecule has 0 aromatic heterocycles. The summed E-state index contributed by atoms with van der Waals surface area (Å²) in [7, 11) is 0. The van der Waals surface area contributed by atoms with Gasteiger partial charge in [0.1, 0.15) is 13.2 Å². The van der Waals surface area contributed by atoms with Gasteiger partial charge in [-0.05, 0) is 6.42 Å². The molecule has 0 spiro atoms. The number of ether oxygens (including phenoxy) is 2. The number of anilines is 2. The van der Waals surface area contributed by atoms with Gasteiger partial charge < -0.3 is 20.5 Å². The van der Waals surface area contributed by atoms with Gasteiger partial charge in [0, 0.05) is 18.1 Å². The molecule has 5 heteroatoms.